The normalized spacial score (nSPS) is 11.9. The van der Waals surface area contributed by atoms with Gasteiger partial charge in [-0.05, 0) is 31.2 Å². The SMILES string of the molecule is CC(=NNc1ccc2n[nH]c[n+]2n1)c1cc(Cl)ccc1Cl. The van der Waals surface area contributed by atoms with E-state index >= 15 is 0 Å². The fourth-order valence-corrected chi connectivity index (χ4v) is 2.23. The van der Waals surface area contributed by atoms with Gasteiger partial charge in [0.2, 0.25) is 6.33 Å². The number of hydrogen-bond acceptors (Lipinski definition) is 4. The molecule has 0 fully saturated rings. The van der Waals surface area contributed by atoms with Crippen molar-refractivity contribution < 1.29 is 4.52 Å². The van der Waals surface area contributed by atoms with Gasteiger partial charge in [0.05, 0.1) is 5.71 Å². The predicted molar refractivity (Wildman–Crippen MR) is 81.8 cm³/mol. The lowest BCUT2D eigenvalue weighted by Gasteiger charge is -2.05. The van der Waals surface area contributed by atoms with E-state index in [2.05, 4.69) is 25.8 Å². The first-order chi connectivity index (χ1) is 10.1. The van der Waals surface area contributed by atoms with Crippen molar-refractivity contribution in [2.75, 3.05) is 5.43 Å². The second-order valence-electron chi connectivity index (χ2n) is 4.32. The maximum absolute atomic E-state index is 6.14. The highest BCUT2D eigenvalue weighted by atomic mass is 35.5. The summed E-state index contributed by atoms with van der Waals surface area (Å²) >= 11 is 12.1. The number of aromatic amines is 1. The number of fused-ring (bicyclic) bond motifs is 1. The molecule has 2 aromatic heterocycles. The van der Waals surface area contributed by atoms with Crippen molar-refractivity contribution in [1.82, 2.24) is 15.3 Å². The Hall–Kier alpha value is -2.18. The van der Waals surface area contributed by atoms with Gasteiger partial charge in [0, 0.05) is 26.8 Å². The van der Waals surface area contributed by atoms with Crippen LogP contribution in [0.3, 0.4) is 0 Å². The van der Waals surface area contributed by atoms with E-state index in [1.54, 1.807) is 35.1 Å². The highest BCUT2D eigenvalue weighted by Crippen LogP contribution is 2.21. The van der Waals surface area contributed by atoms with Crippen LogP contribution in [-0.2, 0) is 0 Å². The molecule has 106 valence electrons. The van der Waals surface area contributed by atoms with Crippen molar-refractivity contribution in [2.45, 2.75) is 6.92 Å². The van der Waals surface area contributed by atoms with Crippen LogP contribution < -0.4 is 9.94 Å². The molecule has 3 rings (SSSR count). The van der Waals surface area contributed by atoms with Crippen molar-refractivity contribution in [3.05, 3.63) is 52.3 Å². The highest BCUT2D eigenvalue weighted by molar-refractivity contribution is 6.36. The van der Waals surface area contributed by atoms with Crippen molar-refractivity contribution in [3.63, 3.8) is 0 Å². The maximum atomic E-state index is 6.14. The number of rotatable bonds is 3. The van der Waals surface area contributed by atoms with Crippen LogP contribution in [0.2, 0.25) is 10.0 Å². The first kappa shape index (κ1) is 13.8. The zero-order valence-corrected chi connectivity index (χ0v) is 12.5. The maximum Gasteiger partial charge on any atom is 0.325 e. The topological polar surface area (TPSA) is 70.1 Å². The molecule has 0 aliphatic carbocycles. The highest BCUT2D eigenvalue weighted by Gasteiger charge is 2.07. The molecular formula is C13H11Cl2N6+. The quantitative estimate of drug-likeness (QED) is 0.442. The third kappa shape index (κ3) is 2.96. The summed E-state index contributed by atoms with van der Waals surface area (Å²) in [5.74, 6) is 0.589. The van der Waals surface area contributed by atoms with Crippen molar-refractivity contribution in [3.8, 4) is 0 Å². The molecule has 0 saturated heterocycles. The Morgan fingerprint density at radius 3 is 3.00 bits per heavy atom. The Morgan fingerprint density at radius 2 is 2.14 bits per heavy atom. The largest absolute Gasteiger partial charge is 0.325 e. The lowest BCUT2D eigenvalue weighted by Crippen LogP contribution is -2.24. The molecule has 21 heavy (non-hydrogen) atoms. The number of nitrogens with zero attached hydrogens (tertiary/aromatic N) is 4. The number of benzene rings is 1. The predicted octanol–water partition coefficient (Wildman–Crippen LogP) is 2.69. The van der Waals surface area contributed by atoms with E-state index < -0.39 is 0 Å². The minimum absolute atomic E-state index is 0.589. The summed E-state index contributed by atoms with van der Waals surface area (Å²) < 4.78 is 1.61. The third-order valence-electron chi connectivity index (χ3n) is 2.86. The van der Waals surface area contributed by atoms with Crippen LogP contribution in [0.5, 0.6) is 0 Å². The molecule has 0 unspecified atom stereocenters. The smallest absolute Gasteiger partial charge is 0.259 e. The summed E-state index contributed by atoms with van der Waals surface area (Å²) in [4.78, 5) is 0. The number of halogens is 2. The molecule has 6 nitrogen and oxygen atoms in total. The fraction of sp³-hybridized carbons (Fsp3) is 0.0769. The lowest BCUT2D eigenvalue weighted by atomic mass is 10.1. The Balaban J connectivity index is 1.85. The van der Waals surface area contributed by atoms with Crippen LogP contribution in [-0.4, -0.2) is 21.0 Å². The minimum Gasteiger partial charge on any atom is -0.259 e. The van der Waals surface area contributed by atoms with Crippen LogP contribution in [0.4, 0.5) is 5.82 Å². The summed E-state index contributed by atoms with van der Waals surface area (Å²) in [5.41, 5.74) is 5.09. The molecule has 1 aromatic carbocycles. The molecular weight excluding hydrogens is 311 g/mol. The van der Waals surface area contributed by atoms with Gasteiger partial charge in [-0.1, -0.05) is 28.3 Å². The molecule has 0 saturated carbocycles. The van der Waals surface area contributed by atoms with Crippen molar-refractivity contribution in [2.24, 2.45) is 5.10 Å². The Morgan fingerprint density at radius 1 is 1.29 bits per heavy atom. The van der Waals surface area contributed by atoms with Crippen LogP contribution in [0.1, 0.15) is 12.5 Å². The van der Waals surface area contributed by atoms with Crippen LogP contribution in [0.25, 0.3) is 5.65 Å². The summed E-state index contributed by atoms with van der Waals surface area (Å²) in [6.07, 6.45) is 1.64. The molecule has 2 heterocycles. The summed E-state index contributed by atoms with van der Waals surface area (Å²) in [6, 6.07) is 8.85. The number of hydrogen-bond donors (Lipinski definition) is 2. The van der Waals surface area contributed by atoms with E-state index in [1.165, 1.54) is 0 Å². The first-order valence-corrected chi connectivity index (χ1v) is 6.87. The Labute approximate surface area is 130 Å². The number of hydrazone groups is 1. The molecule has 0 spiro atoms. The van der Waals surface area contributed by atoms with Gasteiger partial charge in [-0.25, -0.2) is 0 Å². The number of aromatic nitrogens is 4. The average molecular weight is 322 g/mol. The molecule has 0 aliphatic rings. The Kier molecular flexibility index (Phi) is 3.72. The van der Waals surface area contributed by atoms with E-state index in [1.807, 2.05) is 13.0 Å². The zero-order valence-electron chi connectivity index (χ0n) is 11.0. The second-order valence-corrected chi connectivity index (χ2v) is 5.17. The monoisotopic (exact) mass is 321 g/mol. The van der Waals surface area contributed by atoms with E-state index in [9.17, 15) is 0 Å². The standard InChI is InChI=1S/C13H10Cl2N6/c1-8(10-6-9(14)2-3-11(10)15)17-18-12-4-5-13-19-16-7-21(13)20-12/h2-7H,1H3,(H,18,20)/p+1. The van der Waals surface area contributed by atoms with E-state index in [0.717, 1.165) is 11.2 Å². The summed E-state index contributed by atoms with van der Waals surface area (Å²) in [5, 5.41) is 16.5. The van der Waals surface area contributed by atoms with Gasteiger partial charge in [-0.15, -0.1) is 9.61 Å². The van der Waals surface area contributed by atoms with Gasteiger partial charge < -0.3 is 0 Å². The van der Waals surface area contributed by atoms with Crippen molar-refractivity contribution in [1.29, 1.82) is 0 Å². The van der Waals surface area contributed by atoms with E-state index in [-0.39, 0.29) is 0 Å². The van der Waals surface area contributed by atoms with Gasteiger partial charge in [0.15, 0.2) is 5.82 Å². The molecule has 2 N–H and O–H groups in total. The van der Waals surface area contributed by atoms with Crippen LogP contribution in [0.15, 0.2) is 41.8 Å². The van der Waals surface area contributed by atoms with E-state index in [4.69, 9.17) is 23.2 Å². The zero-order chi connectivity index (χ0) is 14.8. The summed E-state index contributed by atoms with van der Waals surface area (Å²) in [6.45, 7) is 1.84. The molecule has 0 aliphatic heterocycles. The molecule has 8 heteroatoms. The van der Waals surface area contributed by atoms with Crippen LogP contribution >= 0.6 is 23.2 Å². The minimum atomic E-state index is 0.589. The first-order valence-electron chi connectivity index (χ1n) is 6.12. The second kappa shape index (κ2) is 5.67. The molecule has 3 aromatic rings. The van der Waals surface area contributed by atoms with Crippen LogP contribution in [0, 0.1) is 0 Å². The molecule has 0 radical (unpaired) electrons. The summed E-state index contributed by atoms with van der Waals surface area (Å²) in [7, 11) is 0. The van der Waals surface area contributed by atoms with Gasteiger partial charge >= 0.3 is 5.65 Å². The van der Waals surface area contributed by atoms with E-state index in [0.29, 0.717) is 21.6 Å². The number of anilines is 1. The lowest BCUT2D eigenvalue weighted by molar-refractivity contribution is -0.579. The van der Waals surface area contributed by atoms with Gasteiger partial charge in [0.25, 0.3) is 0 Å². The van der Waals surface area contributed by atoms with Gasteiger partial charge in [-0.3, -0.25) is 5.43 Å². The number of H-pyrrole nitrogens is 1. The number of nitrogens with one attached hydrogen (secondary N) is 2. The molecule has 0 atom stereocenters. The van der Waals surface area contributed by atoms with Gasteiger partial charge in [0.1, 0.15) is 0 Å². The molecule has 0 bridgehead atoms. The molecule has 0 amide bonds. The average Bonchev–Trinajstić information content (AvgIpc) is 2.94. The Bertz CT molecular complexity index is 826. The van der Waals surface area contributed by atoms with Gasteiger partial charge in [-0.2, -0.15) is 5.10 Å². The van der Waals surface area contributed by atoms with Crippen molar-refractivity contribution >= 4 is 40.4 Å². The fourth-order valence-electron chi connectivity index (χ4n) is 1.80. The third-order valence-corrected chi connectivity index (χ3v) is 3.42.